The van der Waals surface area contributed by atoms with E-state index in [1.165, 1.54) is 30.7 Å². The topological polar surface area (TPSA) is 32.7 Å². The fourth-order valence-electron chi connectivity index (χ4n) is 2.04. The van der Waals surface area contributed by atoms with Gasteiger partial charge in [0.15, 0.2) is 0 Å². The second kappa shape index (κ2) is 2.88. The lowest BCUT2D eigenvalue weighted by Gasteiger charge is -2.05. The van der Waals surface area contributed by atoms with E-state index in [1.54, 1.807) is 7.05 Å². The molecule has 0 bridgehead atoms. The van der Waals surface area contributed by atoms with Gasteiger partial charge in [0.2, 0.25) is 5.91 Å². The molecule has 0 unspecified atom stereocenters. The first kappa shape index (κ1) is 7.77. The first-order chi connectivity index (χ1) is 5.77. The van der Waals surface area contributed by atoms with Gasteiger partial charge < -0.3 is 0 Å². The highest BCUT2D eigenvalue weighted by molar-refractivity contribution is 6.05. The van der Waals surface area contributed by atoms with Crippen LogP contribution in [0.25, 0.3) is 0 Å². The number of carbonyl (C=O) groups excluding carboxylic acids is 1. The standard InChI is InChI=1S/C9H14N2O/c1-11-9(12)6-8(10-11)7-4-2-3-5-7/h7H,2-6H2,1H3. The van der Waals surface area contributed by atoms with Crippen molar-refractivity contribution in [3.05, 3.63) is 0 Å². The number of hydrazone groups is 1. The Hall–Kier alpha value is -0.860. The van der Waals surface area contributed by atoms with E-state index in [0.29, 0.717) is 12.3 Å². The van der Waals surface area contributed by atoms with Crippen LogP contribution in [-0.4, -0.2) is 23.7 Å². The Morgan fingerprint density at radius 3 is 2.58 bits per heavy atom. The van der Waals surface area contributed by atoms with Crippen LogP contribution in [0.15, 0.2) is 5.10 Å². The second-order valence-electron chi connectivity index (χ2n) is 3.67. The molecule has 1 aliphatic heterocycles. The smallest absolute Gasteiger partial charge is 0.248 e. The van der Waals surface area contributed by atoms with Gasteiger partial charge in [-0.15, -0.1) is 0 Å². The van der Waals surface area contributed by atoms with Crippen LogP contribution in [0.2, 0.25) is 0 Å². The Labute approximate surface area is 72.4 Å². The van der Waals surface area contributed by atoms with Gasteiger partial charge in [-0.05, 0) is 18.8 Å². The lowest BCUT2D eigenvalue weighted by atomic mass is 10.00. The molecule has 1 fully saturated rings. The molecule has 0 saturated heterocycles. The van der Waals surface area contributed by atoms with Crippen LogP contribution in [0.4, 0.5) is 0 Å². The predicted molar refractivity (Wildman–Crippen MR) is 46.8 cm³/mol. The number of hydrogen-bond donors (Lipinski definition) is 0. The Balaban J connectivity index is 2.05. The maximum Gasteiger partial charge on any atom is 0.248 e. The van der Waals surface area contributed by atoms with Crippen molar-refractivity contribution >= 4 is 11.6 Å². The highest BCUT2D eigenvalue weighted by Crippen LogP contribution is 2.29. The first-order valence-corrected chi connectivity index (χ1v) is 4.61. The number of hydrogen-bond acceptors (Lipinski definition) is 2. The molecular formula is C9H14N2O. The minimum absolute atomic E-state index is 0.150. The molecule has 0 aromatic rings. The summed E-state index contributed by atoms with van der Waals surface area (Å²) in [4.78, 5) is 11.2. The van der Waals surface area contributed by atoms with Crippen LogP contribution in [0, 0.1) is 5.92 Å². The molecule has 0 radical (unpaired) electrons. The summed E-state index contributed by atoms with van der Waals surface area (Å²) in [5.41, 5.74) is 1.13. The minimum Gasteiger partial charge on any atom is -0.273 e. The average Bonchev–Trinajstić information content (AvgIpc) is 2.61. The summed E-state index contributed by atoms with van der Waals surface area (Å²) in [6, 6.07) is 0. The van der Waals surface area contributed by atoms with E-state index in [9.17, 15) is 4.79 Å². The molecule has 12 heavy (non-hydrogen) atoms. The largest absolute Gasteiger partial charge is 0.273 e. The van der Waals surface area contributed by atoms with Gasteiger partial charge in [0.05, 0.1) is 12.1 Å². The molecule has 2 aliphatic rings. The van der Waals surface area contributed by atoms with Crippen LogP contribution < -0.4 is 0 Å². The van der Waals surface area contributed by atoms with E-state index >= 15 is 0 Å². The summed E-state index contributed by atoms with van der Waals surface area (Å²) in [6.45, 7) is 0. The summed E-state index contributed by atoms with van der Waals surface area (Å²) in [5.74, 6) is 0.760. The minimum atomic E-state index is 0.150. The van der Waals surface area contributed by atoms with E-state index in [4.69, 9.17) is 0 Å². The van der Waals surface area contributed by atoms with Gasteiger partial charge in [0, 0.05) is 7.05 Å². The van der Waals surface area contributed by atoms with Gasteiger partial charge in [-0.2, -0.15) is 5.10 Å². The van der Waals surface area contributed by atoms with Crippen molar-refractivity contribution in [2.24, 2.45) is 11.0 Å². The quantitative estimate of drug-likeness (QED) is 0.579. The zero-order valence-electron chi connectivity index (χ0n) is 7.42. The Morgan fingerprint density at radius 1 is 1.42 bits per heavy atom. The third-order valence-corrected chi connectivity index (χ3v) is 2.80. The molecule has 3 nitrogen and oxygen atoms in total. The molecule has 0 aromatic carbocycles. The molecule has 0 N–H and O–H groups in total. The van der Waals surface area contributed by atoms with Crippen LogP contribution in [0.3, 0.4) is 0 Å². The van der Waals surface area contributed by atoms with Crippen molar-refractivity contribution in [3.8, 4) is 0 Å². The molecule has 2 rings (SSSR count). The van der Waals surface area contributed by atoms with E-state index in [2.05, 4.69) is 5.10 Å². The highest BCUT2D eigenvalue weighted by Gasteiger charge is 2.28. The molecule has 0 aromatic heterocycles. The van der Waals surface area contributed by atoms with Gasteiger partial charge >= 0.3 is 0 Å². The molecule has 3 heteroatoms. The molecule has 0 spiro atoms. The molecule has 1 heterocycles. The monoisotopic (exact) mass is 166 g/mol. The van der Waals surface area contributed by atoms with Crippen LogP contribution in [-0.2, 0) is 4.79 Å². The van der Waals surface area contributed by atoms with Gasteiger partial charge in [-0.1, -0.05) is 12.8 Å². The Morgan fingerprint density at radius 2 is 2.08 bits per heavy atom. The van der Waals surface area contributed by atoms with Crippen molar-refractivity contribution in [2.45, 2.75) is 32.1 Å². The summed E-state index contributed by atoms with van der Waals surface area (Å²) >= 11 is 0. The SMILES string of the molecule is CN1N=C(C2CCCC2)CC1=O. The van der Waals surface area contributed by atoms with E-state index in [-0.39, 0.29) is 5.91 Å². The fraction of sp³-hybridized carbons (Fsp3) is 0.778. The normalized spacial score (nSPS) is 25.2. The van der Waals surface area contributed by atoms with Crippen molar-refractivity contribution < 1.29 is 4.79 Å². The fourth-order valence-corrected chi connectivity index (χ4v) is 2.04. The number of amides is 1. The lowest BCUT2D eigenvalue weighted by molar-refractivity contribution is -0.127. The summed E-state index contributed by atoms with van der Waals surface area (Å²) < 4.78 is 0. The molecule has 1 amide bonds. The van der Waals surface area contributed by atoms with Crippen LogP contribution in [0.1, 0.15) is 32.1 Å². The van der Waals surface area contributed by atoms with Crippen molar-refractivity contribution in [1.82, 2.24) is 5.01 Å². The molecule has 0 atom stereocenters. The molecule has 1 aliphatic carbocycles. The highest BCUT2D eigenvalue weighted by atomic mass is 16.2. The van der Waals surface area contributed by atoms with Gasteiger partial charge in [-0.3, -0.25) is 4.79 Å². The summed E-state index contributed by atoms with van der Waals surface area (Å²) in [6.07, 6.45) is 5.66. The van der Waals surface area contributed by atoms with Gasteiger partial charge in [0.25, 0.3) is 0 Å². The molecule has 1 saturated carbocycles. The number of carbonyl (C=O) groups is 1. The van der Waals surface area contributed by atoms with E-state index in [1.807, 2.05) is 0 Å². The maximum atomic E-state index is 11.2. The van der Waals surface area contributed by atoms with Gasteiger partial charge in [0.1, 0.15) is 0 Å². The molecular weight excluding hydrogens is 152 g/mol. The average molecular weight is 166 g/mol. The third kappa shape index (κ3) is 1.24. The zero-order valence-corrected chi connectivity index (χ0v) is 7.42. The second-order valence-corrected chi connectivity index (χ2v) is 3.67. The number of nitrogens with zero attached hydrogens (tertiary/aromatic N) is 2. The van der Waals surface area contributed by atoms with Crippen LogP contribution in [0.5, 0.6) is 0 Å². The first-order valence-electron chi connectivity index (χ1n) is 4.61. The van der Waals surface area contributed by atoms with Crippen molar-refractivity contribution in [2.75, 3.05) is 7.05 Å². The molecule has 66 valence electrons. The third-order valence-electron chi connectivity index (χ3n) is 2.80. The maximum absolute atomic E-state index is 11.2. The van der Waals surface area contributed by atoms with E-state index in [0.717, 1.165) is 5.71 Å². The van der Waals surface area contributed by atoms with Crippen molar-refractivity contribution in [1.29, 1.82) is 0 Å². The Bertz CT molecular complexity index is 229. The number of rotatable bonds is 1. The Kier molecular flexibility index (Phi) is 1.87. The van der Waals surface area contributed by atoms with Crippen LogP contribution >= 0.6 is 0 Å². The van der Waals surface area contributed by atoms with Gasteiger partial charge in [-0.25, -0.2) is 5.01 Å². The summed E-state index contributed by atoms with van der Waals surface area (Å²) in [5, 5.41) is 5.73. The summed E-state index contributed by atoms with van der Waals surface area (Å²) in [7, 11) is 1.74. The lowest BCUT2D eigenvalue weighted by Crippen LogP contribution is -2.14. The van der Waals surface area contributed by atoms with E-state index < -0.39 is 0 Å². The van der Waals surface area contributed by atoms with Crippen molar-refractivity contribution in [3.63, 3.8) is 0 Å². The zero-order chi connectivity index (χ0) is 8.55. The predicted octanol–water partition coefficient (Wildman–Crippen LogP) is 1.39.